The van der Waals surface area contributed by atoms with Crippen molar-refractivity contribution in [1.29, 1.82) is 0 Å². The van der Waals surface area contributed by atoms with Gasteiger partial charge in [-0.25, -0.2) is 9.18 Å². The number of carbonyl (C=O) groups excluding carboxylic acids is 6. The number of allylic oxidation sites excluding steroid dienone is 4. The zero-order valence-corrected chi connectivity index (χ0v) is 44.8. The molecule has 5 saturated carbocycles. The van der Waals surface area contributed by atoms with Crippen molar-refractivity contribution in [2.24, 2.45) is 34.0 Å². The lowest BCUT2D eigenvalue weighted by molar-refractivity contribution is -0.201. The first-order valence-corrected chi connectivity index (χ1v) is 27.6. The molecule has 7 aliphatic carbocycles. The minimum atomic E-state index is -1.62. The quantitative estimate of drug-likeness (QED) is 0.0939. The van der Waals surface area contributed by atoms with Gasteiger partial charge < -0.3 is 49.8 Å². The number of Topliss-reactive ketones (excluding diaryl/α,β-unsaturated/α-hetero) is 1. The van der Waals surface area contributed by atoms with Crippen LogP contribution in [0.15, 0.2) is 90.5 Å². The van der Waals surface area contributed by atoms with Crippen LogP contribution in [-0.4, -0.2) is 107 Å². The first-order valence-electron chi connectivity index (χ1n) is 27.6. The van der Waals surface area contributed by atoms with E-state index in [1.54, 1.807) is 39.0 Å². The lowest BCUT2D eigenvalue weighted by Gasteiger charge is -2.59. The van der Waals surface area contributed by atoms with E-state index < -0.39 is 95.2 Å². The number of hydrogen-bond donors (Lipinski definition) is 5. The molecule has 11 rings (SSSR count). The van der Waals surface area contributed by atoms with Gasteiger partial charge in [0.25, 0.3) is 0 Å². The maximum atomic E-state index is 16.2. The van der Waals surface area contributed by atoms with Crippen LogP contribution in [0.3, 0.4) is 0 Å². The van der Waals surface area contributed by atoms with Gasteiger partial charge in [-0.3, -0.25) is 24.0 Å². The summed E-state index contributed by atoms with van der Waals surface area (Å²) in [6.45, 7) is 8.03. The summed E-state index contributed by atoms with van der Waals surface area (Å²) in [5, 5.41) is 30.6. The number of amides is 3. The lowest BCUT2D eigenvalue weighted by Crippen LogP contribution is -2.63. The van der Waals surface area contributed by atoms with Crippen molar-refractivity contribution in [1.82, 2.24) is 16.0 Å². The predicted molar refractivity (Wildman–Crippen MR) is 281 cm³/mol. The van der Waals surface area contributed by atoms with E-state index in [4.69, 9.17) is 23.7 Å². The second-order valence-corrected chi connectivity index (χ2v) is 24.7. The number of aliphatic hydroxyl groups excluding tert-OH is 2. The maximum absolute atomic E-state index is 16.2. The summed E-state index contributed by atoms with van der Waals surface area (Å²) in [6, 6.07) is 19.1. The fourth-order valence-electron chi connectivity index (χ4n) is 15.5. The number of benzene rings is 3. The number of ketones is 2. The minimum Gasteiger partial charge on any atom is -0.490 e. The minimum absolute atomic E-state index is 0.0162. The van der Waals surface area contributed by atoms with Gasteiger partial charge in [-0.2, -0.15) is 0 Å². The highest BCUT2D eigenvalue weighted by molar-refractivity contribution is 6.01. The number of esters is 1. The zero-order valence-electron chi connectivity index (χ0n) is 44.8. The molecule has 1 aliphatic heterocycles. The Balaban J connectivity index is 0.667. The molecule has 0 radical (unpaired) electrons. The van der Waals surface area contributed by atoms with Gasteiger partial charge in [0.05, 0.1) is 18.3 Å². The lowest BCUT2D eigenvalue weighted by atomic mass is 9.46. The number of aliphatic hydroxyl groups is 2. The number of nitrogens with one attached hydrogen (secondary N) is 3. The van der Waals surface area contributed by atoms with Crippen LogP contribution < -0.4 is 20.7 Å². The van der Waals surface area contributed by atoms with Gasteiger partial charge >= 0.3 is 12.1 Å². The van der Waals surface area contributed by atoms with Gasteiger partial charge in [0.15, 0.2) is 23.5 Å². The maximum Gasteiger partial charge on any atom is 0.407 e. The average molecular weight is 1070 g/mol. The van der Waals surface area contributed by atoms with Crippen molar-refractivity contribution >= 4 is 35.4 Å². The van der Waals surface area contributed by atoms with E-state index in [-0.39, 0.29) is 78.4 Å². The Morgan fingerprint density at radius 1 is 0.923 bits per heavy atom. The highest BCUT2D eigenvalue weighted by Crippen LogP contribution is 2.70. The molecule has 0 bridgehead atoms. The summed E-state index contributed by atoms with van der Waals surface area (Å²) in [6.07, 6.45) is 5.83. The molecule has 414 valence electrons. The molecule has 1 spiro atoms. The largest absolute Gasteiger partial charge is 0.490 e. The van der Waals surface area contributed by atoms with E-state index in [9.17, 15) is 39.0 Å². The summed E-state index contributed by atoms with van der Waals surface area (Å²) in [4.78, 5) is 78.9. The molecule has 0 unspecified atom stereocenters. The van der Waals surface area contributed by atoms with E-state index in [1.807, 2.05) is 61.5 Å². The Morgan fingerprint density at radius 2 is 1.63 bits per heavy atom. The molecule has 16 nitrogen and oxygen atoms in total. The smallest absolute Gasteiger partial charge is 0.407 e. The van der Waals surface area contributed by atoms with E-state index in [0.717, 1.165) is 34.2 Å². The van der Waals surface area contributed by atoms with Crippen molar-refractivity contribution in [2.45, 2.75) is 153 Å². The molecule has 78 heavy (non-hydrogen) atoms. The Morgan fingerprint density at radius 3 is 2.31 bits per heavy atom. The normalized spacial score (nSPS) is 33.3. The van der Waals surface area contributed by atoms with Gasteiger partial charge in [0.1, 0.15) is 43.0 Å². The monoisotopic (exact) mass is 1070 g/mol. The van der Waals surface area contributed by atoms with Crippen molar-refractivity contribution in [2.75, 3.05) is 19.8 Å². The number of fused-ring (bicyclic) bond motifs is 10. The molecule has 1 saturated heterocycles. The SMILES string of the molecule is CC(C)(C)OC(=O)CC[C@H](NC(=O)CNC(=O)OCC1c2ccccc2-c2ccccc21)C(=O)NC1CC2(C1)CC(Oc1ccc([C@@H]3O[C@@H]4C[C@H]5[C@@H]6CCC7=CC(=O)C=C[C@]7(C)[C@H]6[C@@H](O)C[C@]5(C)[C@]4(C(=O)CO)O3)c(F)c1)C2. The summed E-state index contributed by atoms with van der Waals surface area (Å²) in [5.41, 5.74) is 1.45. The fourth-order valence-corrected chi connectivity index (χ4v) is 15.5. The van der Waals surface area contributed by atoms with Crippen molar-refractivity contribution in [3.63, 3.8) is 0 Å². The second kappa shape index (κ2) is 20.1. The van der Waals surface area contributed by atoms with Gasteiger partial charge in [0.2, 0.25) is 11.8 Å². The predicted octanol–water partition coefficient (Wildman–Crippen LogP) is 7.38. The molecule has 6 fully saturated rings. The van der Waals surface area contributed by atoms with E-state index in [0.29, 0.717) is 44.3 Å². The van der Waals surface area contributed by atoms with E-state index in [2.05, 4.69) is 22.9 Å². The van der Waals surface area contributed by atoms with Crippen LogP contribution in [0.5, 0.6) is 5.75 Å². The number of alkyl carbamates (subject to hydrolysis) is 1. The van der Waals surface area contributed by atoms with Crippen LogP contribution in [0.4, 0.5) is 9.18 Å². The third-order valence-electron chi connectivity index (χ3n) is 18.8. The summed E-state index contributed by atoms with van der Waals surface area (Å²) < 4.78 is 46.6. The van der Waals surface area contributed by atoms with Gasteiger partial charge in [-0.1, -0.05) is 74.0 Å². The van der Waals surface area contributed by atoms with Crippen LogP contribution in [0.25, 0.3) is 11.1 Å². The Labute approximate surface area is 453 Å². The Hall–Kier alpha value is -6.27. The molecule has 3 aromatic carbocycles. The number of carbonyl (C=O) groups is 6. The molecular formula is C61H70FN3O13. The van der Waals surface area contributed by atoms with Gasteiger partial charge in [-0.15, -0.1) is 0 Å². The highest BCUT2D eigenvalue weighted by Gasteiger charge is 2.76. The molecule has 10 atom stereocenters. The fraction of sp³-hybridized carbons (Fsp3) is 0.541. The third kappa shape index (κ3) is 9.45. The highest BCUT2D eigenvalue weighted by atomic mass is 19.1. The van der Waals surface area contributed by atoms with Crippen molar-refractivity contribution in [3.8, 4) is 16.9 Å². The number of hydrogen-bond acceptors (Lipinski definition) is 13. The zero-order chi connectivity index (χ0) is 55.1. The molecule has 8 aliphatic rings. The molecule has 3 amide bonds. The van der Waals surface area contributed by atoms with Crippen molar-refractivity contribution in [3.05, 3.63) is 113 Å². The molecular weight excluding hydrogens is 1000 g/mol. The number of rotatable bonds is 15. The van der Waals surface area contributed by atoms with Crippen LogP contribution in [0.1, 0.15) is 128 Å². The molecule has 5 N–H and O–H groups in total. The van der Waals surface area contributed by atoms with E-state index >= 15 is 4.39 Å². The summed E-state index contributed by atoms with van der Waals surface area (Å²) >= 11 is 0. The van der Waals surface area contributed by atoms with Crippen LogP contribution in [-0.2, 0) is 42.9 Å². The molecule has 17 heteroatoms. The van der Waals surface area contributed by atoms with Crippen molar-refractivity contribution < 1.29 is 67.1 Å². The first kappa shape index (κ1) is 53.7. The van der Waals surface area contributed by atoms with Gasteiger partial charge in [0, 0.05) is 46.8 Å². The topological polar surface area (TPSA) is 225 Å². The number of ether oxygens (including phenoxy) is 5. The van der Waals surface area contributed by atoms with Gasteiger partial charge in [-0.05, 0) is 142 Å². The molecule has 1 heterocycles. The molecule has 0 aromatic heterocycles. The molecule has 3 aromatic rings. The standard InChI is InChI=1S/C61H70FN3O13/c1-57(2,3)77-52(71)19-18-47(65-51(70)30-63-56(73)74-32-44-40-12-8-6-10-38(40)39-11-7-9-13-41(39)44)54(72)64-34-25-60(26-34)27-37(28-60)75-36-15-17-43(46(62)23-36)55-76-50-24-45-42-16-14-33-22-35(67)20-21-58(33,4)53(42)48(68)29-59(45,5)61(50,78-55)49(69)31-66/h6-13,15,17,20-23,34,37,42,44-45,47-48,50,53,55,66,68H,14,16,18-19,24-32H2,1-5H3,(H,63,73)(H,64,72)(H,65,70)/t34?,37?,42-,45-,47-,48-,50+,53+,55+,58-,59-,60?,61+/m0/s1. The summed E-state index contributed by atoms with van der Waals surface area (Å²) in [7, 11) is 0. The van der Waals surface area contributed by atoms with Crippen LogP contribution >= 0.6 is 0 Å². The average Bonchev–Trinajstić information content (AvgIpc) is 4.10. The second-order valence-electron chi connectivity index (χ2n) is 24.7. The Bertz CT molecular complexity index is 2950. The van der Waals surface area contributed by atoms with Crippen LogP contribution in [0, 0.1) is 39.8 Å². The third-order valence-corrected chi connectivity index (χ3v) is 18.8. The summed E-state index contributed by atoms with van der Waals surface area (Å²) in [5.74, 6) is -3.06. The first-order chi connectivity index (χ1) is 37.1. The van der Waals surface area contributed by atoms with E-state index in [1.165, 1.54) is 12.1 Å². The number of halogens is 1. The van der Waals surface area contributed by atoms with Crippen LogP contribution in [0.2, 0.25) is 0 Å². The Kier molecular flexibility index (Phi) is 13.9.